The Bertz CT molecular complexity index is 3620. The van der Waals surface area contributed by atoms with Crippen molar-refractivity contribution in [2.45, 2.75) is 91.2 Å². The first-order chi connectivity index (χ1) is 45.5. The van der Waals surface area contributed by atoms with Crippen molar-refractivity contribution in [3.05, 3.63) is 297 Å². The number of esters is 5. The van der Waals surface area contributed by atoms with Crippen LogP contribution in [-0.2, 0) is 32.1 Å². The standard InChI is InChI=1S/5C15H13FO2S.5FH/c5*1-2-10-3-5-11(6-4-10)15(17)18-12-7-8-14(19)13(16)9-12;;;;;/h5*3-9,19H,2H2,1H3;5*1H. The fraction of sp³-hybridized carbons (Fsp3) is 0.133. The summed E-state index contributed by atoms with van der Waals surface area (Å²) in [6.45, 7) is 10.2. The Kier molecular flexibility index (Phi) is 39.5. The van der Waals surface area contributed by atoms with Gasteiger partial charge in [0, 0.05) is 54.8 Å². The molecule has 100 heavy (non-hydrogen) atoms. The highest BCUT2D eigenvalue weighted by Gasteiger charge is 2.15. The van der Waals surface area contributed by atoms with Crippen LogP contribution in [-0.4, -0.2) is 29.8 Å². The number of carbonyl (C=O) groups excluding carboxylic acids is 5. The zero-order valence-electron chi connectivity index (χ0n) is 54.0. The molecule has 0 aromatic heterocycles. The maximum atomic E-state index is 13.3. The van der Waals surface area contributed by atoms with Gasteiger partial charge >= 0.3 is 29.8 Å². The van der Waals surface area contributed by atoms with Gasteiger partial charge in [-0.3, -0.25) is 23.5 Å². The van der Waals surface area contributed by atoms with Gasteiger partial charge in [-0.15, -0.1) is 63.1 Å². The van der Waals surface area contributed by atoms with Gasteiger partial charge in [0.2, 0.25) is 0 Å². The van der Waals surface area contributed by atoms with Gasteiger partial charge in [0.1, 0.15) is 57.8 Å². The summed E-state index contributed by atoms with van der Waals surface area (Å²) < 4.78 is 91.8. The second kappa shape index (κ2) is 44.6. The van der Waals surface area contributed by atoms with Crippen molar-refractivity contribution in [3.8, 4) is 28.7 Å². The summed E-state index contributed by atoms with van der Waals surface area (Å²) >= 11 is 19.6. The number of carbonyl (C=O) groups is 5. The zero-order chi connectivity index (χ0) is 69.1. The second-order valence-electron chi connectivity index (χ2n) is 20.3. The number of thiol groups is 5. The topological polar surface area (TPSA) is 132 Å². The maximum Gasteiger partial charge on any atom is 0.343 e. The Morgan fingerprint density at radius 3 is 0.480 bits per heavy atom. The third kappa shape index (κ3) is 28.1. The summed E-state index contributed by atoms with van der Waals surface area (Å²) in [6.07, 6.45) is 4.53. The van der Waals surface area contributed by atoms with Crippen molar-refractivity contribution >= 4 is 93.0 Å². The van der Waals surface area contributed by atoms with E-state index in [2.05, 4.69) is 63.1 Å². The lowest BCUT2D eigenvalue weighted by Crippen LogP contribution is -2.08. The van der Waals surface area contributed by atoms with Crippen LogP contribution in [0.25, 0.3) is 0 Å². The Balaban J connectivity index is 0.000000617. The van der Waals surface area contributed by atoms with Crippen LogP contribution >= 0.6 is 63.1 Å². The summed E-state index contributed by atoms with van der Waals surface area (Å²) in [4.78, 5) is 60.3. The molecule has 0 aliphatic carbocycles. The quantitative estimate of drug-likeness (QED) is 0.0293. The largest absolute Gasteiger partial charge is 0.423 e. The van der Waals surface area contributed by atoms with Crippen LogP contribution in [0.1, 0.15) is 114 Å². The van der Waals surface area contributed by atoms with Crippen LogP contribution < -0.4 is 23.7 Å². The second-order valence-corrected chi connectivity index (χ2v) is 22.7. The molecular formula is C75H70F10O10S5. The molecule has 10 rings (SSSR count). The number of ether oxygens (including phenoxy) is 5. The van der Waals surface area contributed by atoms with E-state index < -0.39 is 58.9 Å². The average molecular weight is 1480 g/mol. The lowest BCUT2D eigenvalue weighted by molar-refractivity contribution is 0.0724. The fourth-order valence-electron chi connectivity index (χ4n) is 7.97. The van der Waals surface area contributed by atoms with E-state index in [1.165, 1.54) is 60.7 Å². The van der Waals surface area contributed by atoms with Gasteiger partial charge in [0.25, 0.3) is 0 Å². The van der Waals surface area contributed by atoms with E-state index in [1.807, 2.05) is 95.3 Å². The van der Waals surface area contributed by atoms with Gasteiger partial charge < -0.3 is 23.7 Å². The van der Waals surface area contributed by atoms with Gasteiger partial charge in [-0.25, -0.2) is 45.9 Å². The molecule has 0 N–H and O–H groups in total. The number of aryl methyl sites for hydroxylation is 5. The number of halogens is 10. The van der Waals surface area contributed by atoms with Crippen LogP contribution in [0.15, 0.2) is 237 Å². The van der Waals surface area contributed by atoms with Crippen molar-refractivity contribution in [2.75, 3.05) is 0 Å². The molecule has 10 aromatic carbocycles. The Hall–Kier alpha value is -9.40. The minimum Gasteiger partial charge on any atom is -0.423 e. The fourth-order valence-corrected chi connectivity index (χ4v) is 8.66. The van der Waals surface area contributed by atoms with Crippen LogP contribution in [0.4, 0.5) is 45.5 Å². The van der Waals surface area contributed by atoms with Gasteiger partial charge in [-0.2, -0.15) is 0 Å². The van der Waals surface area contributed by atoms with Crippen LogP contribution in [0.3, 0.4) is 0 Å². The SMILES string of the molecule is CCc1ccc(C(=O)Oc2ccc(S)c(F)c2)cc1.CCc1ccc(C(=O)Oc2ccc(S)c(F)c2)cc1.CCc1ccc(C(=O)Oc2ccc(S)c(F)c2)cc1.CCc1ccc(C(=O)Oc2ccc(S)c(F)c2)cc1.CCc1ccc(C(=O)Oc2ccc(S)c(F)c2)cc1.F.F.F.F.F. The van der Waals surface area contributed by atoms with E-state index in [9.17, 15) is 45.9 Å². The lowest BCUT2D eigenvalue weighted by atomic mass is 10.1. The van der Waals surface area contributed by atoms with Crippen LogP contribution in [0, 0.1) is 29.1 Å². The van der Waals surface area contributed by atoms with Crippen LogP contribution in [0.2, 0.25) is 0 Å². The lowest BCUT2D eigenvalue weighted by Gasteiger charge is -2.05. The number of rotatable bonds is 15. The van der Waals surface area contributed by atoms with Gasteiger partial charge in [0.05, 0.1) is 27.8 Å². The first-order valence-corrected chi connectivity index (χ1v) is 31.7. The van der Waals surface area contributed by atoms with Gasteiger partial charge in [-0.1, -0.05) is 95.3 Å². The molecular weight excluding hydrogens is 1410 g/mol. The first-order valence-electron chi connectivity index (χ1n) is 29.5. The highest BCUT2D eigenvalue weighted by Crippen LogP contribution is 2.26. The number of benzene rings is 10. The zero-order valence-corrected chi connectivity index (χ0v) is 58.5. The van der Waals surface area contributed by atoms with E-state index in [-0.39, 0.29) is 76.7 Å². The van der Waals surface area contributed by atoms with E-state index in [4.69, 9.17) is 23.7 Å². The van der Waals surface area contributed by atoms with E-state index in [1.54, 1.807) is 60.7 Å². The minimum atomic E-state index is -0.519. The maximum absolute atomic E-state index is 13.3. The Morgan fingerprint density at radius 1 is 0.240 bits per heavy atom. The third-order valence-electron chi connectivity index (χ3n) is 13.6. The first kappa shape index (κ1) is 88.6. The molecule has 0 aliphatic heterocycles. The molecule has 0 heterocycles. The molecule has 0 fully saturated rings. The minimum absolute atomic E-state index is 0. The molecule has 0 spiro atoms. The monoisotopic (exact) mass is 1480 g/mol. The number of hydrogen-bond donors (Lipinski definition) is 5. The molecule has 10 aromatic rings. The predicted octanol–water partition coefficient (Wildman–Crippen LogP) is 20.2. The molecule has 0 bridgehead atoms. The van der Waals surface area contributed by atoms with E-state index in [0.29, 0.717) is 27.8 Å². The molecule has 0 amide bonds. The van der Waals surface area contributed by atoms with Gasteiger partial charge in [-0.05, 0) is 181 Å². The summed E-state index contributed by atoms with van der Waals surface area (Å²) in [6, 6.07) is 56.1. The summed E-state index contributed by atoms with van der Waals surface area (Å²) in [7, 11) is 0. The predicted molar refractivity (Wildman–Crippen MR) is 385 cm³/mol. The van der Waals surface area contributed by atoms with Crippen LogP contribution in [0.5, 0.6) is 28.7 Å². The molecule has 530 valence electrons. The number of hydrogen-bond acceptors (Lipinski definition) is 15. The average Bonchev–Trinajstić information content (AvgIpc) is 0.886. The smallest absolute Gasteiger partial charge is 0.343 e. The van der Waals surface area contributed by atoms with E-state index in [0.717, 1.165) is 90.3 Å². The molecule has 0 radical (unpaired) electrons. The Morgan fingerprint density at radius 2 is 0.370 bits per heavy atom. The third-order valence-corrected chi connectivity index (χ3v) is 15.5. The molecule has 0 unspecified atom stereocenters. The van der Waals surface area contributed by atoms with Crippen molar-refractivity contribution in [3.63, 3.8) is 0 Å². The highest BCUT2D eigenvalue weighted by molar-refractivity contribution is 7.81. The highest BCUT2D eigenvalue weighted by atomic mass is 32.1. The summed E-state index contributed by atoms with van der Waals surface area (Å²) in [5, 5.41) is 0. The molecule has 0 aliphatic rings. The van der Waals surface area contributed by atoms with Crippen molar-refractivity contribution in [1.29, 1.82) is 0 Å². The van der Waals surface area contributed by atoms with Crippen molar-refractivity contribution < 1.29 is 93.1 Å². The van der Waals surface area contributed by atoms with Gasteiger partial charge in [0.15, 0.2) is 0 Å². The molecule has 10 nitrogen and oxygen atoms in total. The van der Waals surface area contributed by atoms with Crippen molar-refractivity contribution in [1.82, 2.24) is 0 Å². The molecule has 0 saturated carbocycles. The molecule has 0 saturated heterocycles. The van der Waals surface area contributed by atoms with Crippen molar-refractivity contribution in [2.24, 2.45) is 0 Å². The summed E-state index contributed by atoms with van der Waals surface area (Å²) in [5.41, 5.74) is 7.89. The normalized spacial score (nSPS) is 9.75. The summed E-state index contributed by atoms with van der Waals surface area (Å²) in [5.74, 6) is -4.29. The Labute approximate surface area is 599 Å². The molecule has 25 heteroatoms. The molecule has 0 atom stereocenters. The van der Waals surface area contributed by atoms with E-state index >= 15 is 0 Å².